The van der Waals surface area contributed by atoms with Crippen LogP contribution in [0.1, 0.15) is 25.7 Å². The molecule has 1 fully saturated rings. The first kappa shape index (κ1) is 20.4. The second-order valence-corrected chi connectivity index (χ2v) is 8.60. The number of benzene rings is 1. The minimum atomic E-state index is 0.307. The highest BCUT2D eigenvalue weighted by molar-refractivity contribution is 5.76. The number of rotatable bonds is 5. The molecule has 0 bridgehead atoms. The average Bonchev–Trinajstić information content (AvgIpc) is 3.44. The van der Waals surface area contributed by atoms with Gasteiger partial charge in [0, 0.05) is 67.0 Å². The summed E-state index contributed by atoms with van der Waals surface area (Å²) in [5.41, 5.74) is 11.2. The quantitative estimate of drug-likeness (QED) is 0.504. The Bertz CT molecular complexity index is 1220. The Kier molecular flexibility index (Phi) is 5.45. The van der Waals surface area contributed by atoms with Gasteiger partial charge in [0.1, 0.15) is 5.82 Å². The van der Waals surface area contributed by atoms with Crippen LogP contribution in [-0.4, -0.2) is 41.6 Å². The summed E-state index contributed by atoms with van der Waals surface area (Å²) in [6, 6.07) is 8.93. The molecule has 0 saturated heterocycles. The van der Waals surface area contributed by atoms with Gasteiger partial charge in [0.2, 0.25) is 0 Å². The van der Waals surface area contributed by atoms with Crippen molar-refractivity contribution in [3.63, 3.8) is 0 Å². The van der Waals surface area contributed by atoms with Gasteiger partial charge < -0.3 is 11.1 Å². The van der Waals surface area contributed by atoms with E-state index < -0.39 is 0 Å². The molecule has 1 aliphatic carbocycles. The van der Waals surface area contributed by atoms with Crippen LogP contribution in [0.2, 0.25) is 0 Å². The minimum absolute atomic E-state index is 0.307. The molecular weight excluding hydrogens is 400 g/mol. The molecule has 8 nitrogen and oxygen atoms in total. The van der Waals surface area contributed by atoms with Gasteiger partial charge in [0.25, 0.3) is 0 Å². The van der Waals surface area contributed by atoms with Crippen LogP contribution < -0.4 is 11.1 Å². The molecule has 0 atom stereocenters. The number of hydrogen-bond acceptors (Lipinski definition) is 6. The van der Waals surface area contributed by atoms with Gasteiger partial charge in [-0.1, -0.05) is 18.2 Å². The Morgan fingerprint density at radius 3 is 2.25 bits per heavy atom. The Labute approximate surface area is 187 Å². The molecular formula is C24H28N8. The summed E-state index contributed by atoms with van der Waals surface area (Å²) in [7, 11) is 3.84. The van der Waals surface area contributed by atoms with Gasteiger partial charge in [0.15, 0.2) is 5.82 Å². The normalized spacial score (nSPS) is 18.6. The molecule has 5 rings (SSSR count). The van der Waals surface area contributed by atoms with Gasteiger partial charge in [-0.05, 0) is 37.3 Å². The van der Waals surface area contributed by atoms with E-state index in [4.69, 9.17) is 15.7 Å². The van der Waals surface area contributed by atoms with E-state index in [0.717, 1.165) is 59.3 Å². The first-order valence-corrected chi connectivity index (χ1v) is 11.0. The lowest BCUT2D eigenvalue weighted by molar-refractivity contribution is 0.410. The van der Waals surface area contributed by atoms with Crippen LogP contribution in [0.5, 0.6) is 0 Å². The fourth-order valence-corrected chi connectivity index (χ4v) is 4.27. The van der Waals surface area contributed by atoms with Gasteiger partial charge in [0.05, 0.1) is 12.4 Å². The molecule has 0 aliphatic heterocycles. The minimum Gasteiger partial charge on any atom is -0.367 e. The zero-order chi connectivity index (χ0) is 22.1. The van der Waals surface area contributed by atoms with Crippen LogP contribution in [-0.2, 0) is 14.1 Å². The van der Waals surface area contributed by atoms with Crippen molar-refractivity contribution in [1.29, 1.82) is 0 Å². The highest BCUT2D eigenvalue weighted by Gasteiger charge is 2.21. The van der Waals surface area contributed by atoms with E-state index >= 15 is 0 Å². The van der Waals surface area contributed by atoms with Gasteiger partial charge in [-0.3, -0.25) is 9.36 Å². The second kappa shape index (κ2) is 8.55. The molecule has 0 radical (unpaired) electrons. The third-order valence-corrected chi connectivity index (χ3v) is 6.08. The lowest BCUT2D eigenvalue weighted by Crippen LogP contribution is -2.33. The first-order chi connectivity index (χ1) is 15.5. The predicted octanol–water partition coefficient (Wildman–Crippen LogP) is 3.63. The Balaban J connectivity index is 1.51. The molecule has 164 valence electrons. The van der Waals surface area contributed by atoms with E-state index in [2.05, 4.69) is 27.6 Å². The van der Waals surface area contributed by atoms with E-state index in [1.165, 1.54) is 0 Å². The van der Waals surface area contributed by atoms with Crippen molar-refractivity contribution in [3.8, 4) is 33.6 Å². The van der Waals surface area contributed by atoms with Crippen LogP contribution in [0, 0.1) is 0 Å². The number of aryl methyl sites for hydroxylation is 2. The highest BCUT2D eigenvalue weighted by atomic mass is 15.2. The van der Waals surface area contributed by atoms with Crippen molar-refractivity contribution in [2.75, 3.05) is 5.32 Å². The van der Waals surface area contributed by atoms with Crippen molar-refractivity contribution in [3.05, 3.63) is 55.2 Å². The molecule has 3 aromatic heterocycles. The maximum atomic E-state index is 6.11. The number of nitrogens with zero attached hydrogens (tertiary/aromatic N) is 6. The molecule has 1 aromatic carbocycles. The lowest BCUT2D eigenvalue weighted by Gasteiger charge is -2.28. The summed E-state index contributed by atoms with van der Waals surface area (Å²) in [5, 5.41) is 12.3. The summed E-state index contributed by atoms with van der Waals surface area (Å²) in [5.74, 6) is 1.54. The molecule has 0 amide bonds. The number of aromatic nitrogens is 6. The van der Waals surface area contributed by atoms with Crippen molar-refractivity contribution in [1.82, 2.24) is 29.5 Å². The zero-order valence-corrected chi connectivity index (χ0v) is 18.4. The SMILES string of the molecule is Cn1cc(-c2cccc(-c3ncc(-c4cnn(C)c4)c(NC4CCC(N)CC4)n3)c2)cn1. The maximum absolute atomic E-state index is 6.11. The first-order valence-electron chi connectivity index (χ1n) is 11.0. The summed E-state index contributed by atoms with van der Waals surface area (Å²) >= 11 is 0. The van der Waals surface area contributed by atoms with Crippen molar-refractivity contribution >= 4 is 5.82 Å². The third kappa shape index (κ3) is 4.27. The molecule has 1 saturated carbocycles. The number of nitrogens with one attached hydrogen (secondary N) is 1. The van der Waals surface area contributed by atoms with Crippen LogP contribution >= 0.6 is 0 Å². The molecule has 32 heavy (non-hydrogen) atoms. The van der Waals surface area contributed by atoms with Crippen LogP contribution in [0.3, 0.4) is 0 Å². The summed E-state index contributed by atoms with van der Waals surface area (Å²) < 4.78 is 3.60. The van der Waals surface area contributed by atoms with Crippen LogP contribution in [0.25, 0.3) is 33.6 Å². The summed E-state index contributed by atoms with van der Waals surface area (Å²) in [6.07, 6.45) is 13.8. The highest BCUT2D eigenvalue weighted by Crippen LogP contribution is 2.31. The summed E-state index contributed by atoms with van der Waals surface area (Å²) in [4.78, 5) is 9.68. The number of hydrogen-bond donors (Lipinski definition) is 2. The maximum Gasteiger partial charge on any atom is 0.161 e. The average molecular weight is 429 g/mol. The molecule has 4 aromatic rings. The van der Waals surface area contributed by atoms with E-state index in [1.807, 2.05) is 57.2 Å². The van der Waals surface area contributed by atoms with Crippen molar-refractivity contribution in [2.45, 2.75) is 37.8 Å². The number of anilines is 1. The van der Waals surface area contributed by atoms with Crippen LogP contribution in [0.4, 0.5) is 5.82 Å². The molecule has 0 unspecified atom stereocenters. The lowest BCUT2D eigenvalue weighted by atomic mass is 9.91. The number of nitrogens with two attached hydrogens (primary N) is 1. The fourth-order valence-electron chi connectivity index (χ4n) is 4.27. The van der Waals surface area contributed by atoms with Crippen LogP contribution in [0.15, 0.2) is 55.2 Å². The predicted molar refractivity (Wildman–Crippen MR) is 126 cm³/mol. The Hall–Kier alpha value is -3.52. The smallest absolute Gasteiger partial charge is 0.161 e. The molecule has 8 heteroatoms. The van der Waals surface area contributed by atoms with Crippen molar-refractivity contribution in [2.24, 2.45) is 19.8 Å². The van der Waals surface area contributed by atoms with Gasteiger partial charge in [-0.2, -0.15) is 10.2 Å². The zero-order valence-electron chi connectivity index (χ0n) is 18.4. The second-order valence-electron chi connectivity index (χ2n) is 8.60. The Morgan fingerprint density at radius 1 is 0.875 bits per heavy atom. The Morgan fingerprint density at radius 2 is 1.56 bits per heavy atom. The van der Waals surface area contributed by atoms with Gasteiger partial charge in [-0.25, -0.2) is 9.97 Å². The van der Waals surface area contributed by atoms with E-state index in [0.29, 0.717) is 17.9 Å². The largest absolute Gasteiger partial charge is 0.367 e. The van der Waals surface area contributed by atoms with E-state index in [9.17, 15) is 0 Å². The third-order valence-electron chi connectivity index (χ3n) is 6.08. The topological polar surface area (TPSA) is 99.5 Å². The van der Waals surface area contributed by atoms with E-state index in [-0.39, 0.29) is 0 Å². The van der Waals surface area contributed by atoms with Gasteiger partial charge in [-0.15, -0.1) is 0 Å². The van der Waals surface area contributed by atoms with Gasteiger partial charge >= 0.3 is 0 Å². The summed E-state index contributed by atoms with van der Waals surface area (Å²) in [6.45, 7) is 0. The fraction of sp³-hybridized carbons (Fsp3) is 0.333. The monoisotopic (exact) mass is 428 g/mol. The molecule has 3 heterocycles. The molecule has 1 aliphatic rings. The standard InChI is InChI=1S/C24H28N8/c1-31-14-18(11-27-31)16-4-3-5-17(10-16)23-26-13-22(19-12-28-32(2)15-19)24(30-23)29-21-8-6-20(25)7-9-21/h3-5,10-15,20-21H,6-9,25H2,1-2H3,(H,26,29,30). The van der Waals surface area contributed by atoms with E-state index in [1.54, 1.807) is 9.36 Å². The molecule has 3 N–H and O–H groups in total. The molecule has 0 spiro atoms. The van der Waals surface area contributed by atoms with Crippen molar-refractivity contribution < 1.29 is 0 Å².